The molecule has 1 aromatic rings. The second kappa shape index (κ2) is 4.46. The molecular formula is C12H19NO3S. The minimum atomic E-state index is -2.84. The molecule has 2 rings (SSSR count). The summed E-state index contributed by atoms with van der Waals surface area (Å²) in [6.07, 6.45) is 0.715. The molecule has 0 spiro atoms. The molecule has 2 atom stereocenters. The Kier molecular flexibility index (Phi) is 3.32. The van der Waals surface area contributed by atoms with Gasteiger partial charge in [-0.15, -0.1) is 0 Å². The van der Waals surface area contributed by atoms with E-state index in [0.717, 1.165) is 17.1 Å². The third-order valence-corrected chi connectivity index (χ3v) is 5.34. The van der Waals surface area contributed by atoms with Crippen LogP contribution < -0.4 is 5.32 Å². The van der Waals surface area contributed by atoms with Crippen LogP contribution in [-0.4, -0.2) is 27.0 Å². The summed E-state index contributed by atoms with van der Waals surface area (Å²) in [5.74, 6) is 2.44. The predicted molar refractivity (Wildman–Crippen MR) is 66.7 cm³/mol. The zero-order valence-corrected chi connectivity index (χ0v) is 11.3. The van der Waals surface area contributed by atoms with Gasteiger partial charge in [-0.3, -0.25) is 0 Å². The molecule has 17 heavy (non-hydrogen) atoms. The minimum Gasteiger partial charge on any atom is -0.464 e. The fraction of sp³-hybridized carbons (Fsp3) is 0.667. The quantitative estimate of drug-likeness (QED) is 0.893. The lowest BCUT2D eigenvalue weighted by Crippen LogP contribution is -2.25. The van der Waals surface area contributed by atoms with Gasteiger partial charge in [-0.05, 0) is 44.9 Å². The Labute approximate surface area is 102 Å². The van der Waals surface area contributed by atoms with Gasteiger partial charge in [-0.25, -0.2) is 8.42 Å². The lowest BCUT2D eigenvalue weighted by molar-refractivity contribution is 0.340. The first kappa shape index (κ1) is 12.6. The predicted octanol–water partition coefficient (Wildman–Crippen LogP) is 1.59. The molecular weight excluding hydrogens is 238 g/mol. The van der Waals surface area contributed by atoms with E-state index >= 15 is 0 Å². The number of nitrogens with one attached hydrogen (secondary N) is 1. The van der Waals surface area contributed by atoms with E-state index in [1.54, 1.807) is 0 Å². The van der Waals surface area contributed by atoms with Gasteiger partial charge in [0.1, 0.15) is 11.5 Å². The number of hydrogen-bond acceptors (Lipinski definition) is 4. The van der Waals surface area contributed by atoms with E-state index in [9.17, 15) is 8.42 Å². The van der Waals surface area contributed by atoms with Crippen LogP contribution in [0.1, 0.15) is 29.5 Å². The van der Waals surface area contributed by atoms with Crippen LogP contribution in [0.15, 0.2) is 10.5 Å². The van der Waals surface area contributed by atoms with Crippen molar-refractivity contribution in [1.82, 2.24) is 5.32 Å². The van der Waals surface area contributed by atoms with Gasteiger partial charge >= 0.3 is 0 Å². The molecule has 1 aliphatic heterocycles. The monoisotopic (exact) mass is 257 g/mol. The second-order valence-electron chi connectivity index (χ2n) is 4.82. The van der Waals surface area contributed by atoms with Gasteiger partial charge in [0.05, 0.1) is 17.5 Å². The van der Waals surface area contributed by atoms with Crippen LogP contribution in [0, 0.1) is 19.8 Å². The molecule has 0 bridgehead atoms. The second-order valence-corrected chi connectivity index (χ2v) is 7.05. The summed E-state index contributed by atoms with van der Waals surface area (Å²) in [6.45, 7) is 3.93. The van der Waals surface area contributed by atoms with Crippen molar-refractivity contribution < 1.29 is 12.8 Å². The molecule has 2 heterocycles. The number of aryl methyl sites for hydroxylation is 2. The molecule has 5 heteroatoms. The van der Waals surface area contributed by atoms with Crippen LogP contribution in [0.3, 0.4) is 0 Å². The van der Waals surface area contributed by atoms with Crippen LogP contribution in [0.5, 0.6) is 0 Å². The zero-order chi connectivity index (χ0) is 12.6. The Balaban J connectivity index is 2.23. The van der Waals surface area contributed by atoms with Gasteiger partial charge in [-0.1, -0.05) is 0 Å². The Hall–Kier alpha value is -0.810. The van der Waals surface area contributed by atoms with Gasteiger partial charge in [-0.2, -0.15) is 0 Å². The molecule has 1 fully saturated rings. The van der Waals surface area contributed by atoms with Crippen molar-refractivity contribution in [3.8, 4) is 0 Å². The van der Waals surface area contributed by atoms with Crippen LogP contribution in [0.4, 0.5) is 0 Å². The maximum atomic E-state index is 11.5. The number of furan rings is 1. The van der Waals surface area contributed by atoms with Gasteiger partial charge < -0.3 is 9.73 Å². The van der Waals surface area contributed by atoms with Crippen LogP contribution in [0.25, 0.3) is 0 Å². The first-order valence-corrected chi connectivity index (χ1v) is 7.69. The van der Waals surface area contributed by atoms with E-state index in [1.165, 1.54) is 0 Å². The molecule has 1 aromatic heterocycles. The van der Waals surface area contributed by atoms with Crippen molar-refractivity contribution >= 4 is 9.84 Å². The zero-order valence-electron chi connectivity index (χ0n) is 10.5. The molecule has 0 radical (unpaired) electrons. The SMILES string of the molecule is CNC(c1cc(C)c(C)o1)C1CCS(=O)(=O)C1. The first-order chi connectivity index (χ1) is 7.93. The summed E-state index contributed by atoms with van der Waals surface area (Å²) in [5.41, 5.74) is 1.11. The van der Waals surface area contributed by atoms with Crippen LogP contribution in [0.2, 0.25) is 0 Å². The summed E-state index contributed by atoms with van der Waals surface area (Å²) >= 11 is 0. The molecule has 0 aliphatic carbocycles. The summed E-state index contributed by atoms with van der Waals surface area (Å²) in [7, 11) is -0.994. The fourth-order valence-corrected chi connectivity index (χ4v) is 4.29. The highest BCUT2D eigenvalue weighted by molar-refractivity contribution is 7.91. The van der Waals surface area contributed by atoms with Crippen molar-refractivity contribution in [2.24, 2.45) is 5.92 Å². The third-order valence-electron chi connectivity index (χ3n) is 3.54. The molecule has 1 aliphatic rings. The van der Waals surface area contributed by atoms with E-state index in [-0.39, 0.29) is 17.7 Å². The molecule has 2 unspecified atom stereocenters. The Bertz CT molecular complexity index is 484. The van der Waals surface area contributed by atoms with Crippen molar-refractivity contribution in [2.45, 2.75) is 26.3 Å². The highest BCUT2D eigenvalue weighted by Gasteiger charge is 2.35. The van der Waals surface area contributed by atoms with E-state index < -0.39 is 9.84 Å². The van der Waals surface area contributed by atoms with Crippen molar-refractivity contribution in [3.63, 3.8) is 0 Å². The van der Waals surface area contributed by atoms with Gasteiger partial charge in [0, 0.05) is 0 Å². The van der Waals surface area contributed by atoms with Crippen LogP contribution in [-0.2, 0) is 9.84 Å². The summed E-state index contributed by atoms with van der Waals surface area (Å²) < 4.78 is 28.7. The smallest absolute Gasteiger partial charge is 0.150 e. The normalized spacial score (nSPS) is 25.0. The molecule has 0 amide bonds. The topological polar surface area (TPSA) is 59.3 Å². The molecule has 96 valence electrons. The van der Waals surface area contributed by atoms with Gasteiger partial charge in [0.15, 0.2) is 9.84 Å². The Morgan fingerprint density at radius 2 is 2.18 bits per heavy atom. The average Bonchev–Trinajstić information content (AvgIpc) is 2.73. The van der Waals surface area contributed by atoms with Gasteiger partial charge in [0.2, 0.25) is 0 Å². The van der Waals surface area contributed by atoms with E-state index in [0.29, 0.717) is 12.2 Å². The summed E-state index contributed by atoms with van der Waals surface area (Å²) in [6, 6.07) is 2.00. The van der Waals surface area contributed by atoms with Crippen molar-refractivity contribution in [2.75, 3.05) is 18.6 Å². The minimum absolute atomic E-state index is 0.000301. The molecule has 0 saturated carbocycles. The Morgan fingerprint density at radius 1 is 1.47 bits per heavy atom. The van der Waals surface area contributed by atoms with Crippen molar-refractivity contribution in [3.05, 3.63) is 23.2 Å². The lowest BCUT2D eigenvalue weighted by atomic mass is 9.97. The molecule has 0 aromatic carbocycles. The first-order valence-electron chi connectivity index (χ1n) is 5.87. The maximum Gasteiger partial charge on any atom is 0.150 e. The number of rotatable bonds is 3. The summed E-state index contributed by atoms with van der Waals surface area (Å²) in [4.78, 5) is 0. The fourth-order valence-electron chi connectivity index (χ4n) is 2.45. The third kappa shape index (κ3) is 2.55. The largest absolute Gasteiger partial charge is 0.464 e. The maximum absolute atomic E-state index is 11.5. The average molecular weight is 257 g/mol. The van der Waals surface area contributed by atoms with Gasteiger partial charge in [0.25, 0.3) is 0 Å². The van der Waals surface area contributed by atoms with E-state index in [1.807, 2.05) is 27.0 Å². The van der Waals surface area contributed by atoms with Crippen LogP contribution >= 0.6 is 0 Å². The van der Waals surface area contributed by atoms with Crippen molar-refractivity contribution in [1.29, 1.82) is 0 Å². The standard InChI is InChI=1S/C12H19NO3S/c1-8-6-11(16-9(8)2)12(13-3)10-4-5-17(14,15)7-10/h6,10,12-13H,4-5,7H2,1-3H3. The number of sulfone groups is 1. The highest BCUT2D eigenvalue weighted by atomic mass is 32.2. The summed E-state index contributed by atoms with van der Waals surface area (Å²) in [5, 5.41) is 3.18. The number of hydrogen-bond donors (Lipinski definition) is 1. The highest BCUT2D eigenvalue weighted by Crippen LogP contribution is 2.32. The van der Waals surface area contributed by atoms with E-state index in [2.05, 4.69) is 5.32 Å². The lowest BCUT2D eigenvalue weighted by Gasteiger charge is -2.19. The molecule has 4 nitrogen and oxygen atoms in total. The Morgan fingerprint density at radius 3 is 2.59 bits per heavy atom. The van der Waals surface area contributed by atoms with E-state index in [4.69, 9.17) is 4.42 Å². The molecule has 1 saturated heterocycles. The molecule has 1 N–H and O–H groups in total.